The predicted molar refractivity (Wildman–Crippen MR) is 52.6 cm³/mol. The Balaban J connectivity index is 3.85. The highest BCUT2D eigenvalue weighted by atomic mass is 14.1. The first-order valence-electron chi connectivity index (χ1n) is 4.28. The molecular formula is C11H20. The highest BCUT2D eigenvalue weighted by Gasteiger charge is 2.08. The first kappa shape index (κ1) is 10.5. The van der Waals surface area contributed by atoms with E-state index in [4.69, 9.17) is 0 Å². The van der Waals surface area contributed by atoms with Gasteiger partial charge in [-0.15, -0.1) is 0 Å². The maximum absolute atomic E-state index is 3.98. The Morgan fingerprint density at radius 1 is 1.18 bits per heavy atom. The second-order valence-electron chi connectivity index (χ2n) is 3.81. The minimum Gasteiger partial charge on any atom is -0.0959 e. The average Bonchev–Trinajstić information content (AvgIpc) is 1.87. The summed E-state index contributed by atoms with van der Waals surface area (Å²) in [5.41, 5.74) is 2.32. The Labute approximate surface area is 71.0 Å². The number of allylic oxidation sites excluding steroid dienone is 2. The van der Waals surface area contributed by atoms with Gasteiger partial charge >= 0.3 is 0 Å². The Morgan fingerprint density at radius 2 is 1.64 bits per heavy atom. The second kappa shape index (κ2) is 4.38. The van der Waals surface area contributed by atoms with Crippen molar-refractivity contribution in [2.45, 2.75) is 34.1 Å². The Bertz CT molecular complexity index is 151. The molecule has 0 aliphatic heterocycles. The van der Waals surface area contributed by atoms with Crippen molar-refractivity contribution in [3.8, 4) is 0 Å². The number of hydrogen-bond acceptors (Lipinski definition) is 0. The minimum absolute atomic E-state index is 0.721. The molecule has 0 N–H and O–H groups in total. The van der Waals surface area contributed by atoms with Gasteiger partial charge in [0.05, 0.1) is 0 Å². The summed E-state index contributed by atoms with van der Waals surface area (Å²) in [6, 6.07) is 0. The molecule has 0 heteroatoms. The molecule has 0 rings (SSSR count). The molecule has 64 valence electrons. The first-order chi connectivity index (χ1) is 4.95. The average molecular weight is 152 g/mol. The van der Waals surface area contributed by atoms with E-state index < -0.39 is 0 Å². The molecule has 0 aromatic carbocycles. The molecule has 1 unspecified atom stereocenters. The van der Waals surface area contributed by atoms with Gasteiger partial charge in [0, 0.05) is 0 Å². The van der Waals surface area contributed by atoms with E-state index in [-0.39, 0.29) is 0 Å². The van der Waals surface area contributed by atoms with Gasteiger partial charge in [0.25, 0.3) is 0 Å². The molecule has 11 heavy (non-hydrogen) atoms. The molecule has 0 nitrogen and oxygen atoms in total. The van der Waals surface area contributed by atoms with Crippen LogP contribution in [0, 0.1) is 11.8 Å². The van der Waals surface area contributed by atoms with Gasteiger partial charge in [-0.3, -0.25) is 0 Å². The van der Waals surface area contributed by atoms with Crippen molar-refractivity contribution >= 4 is 0 Å². The summed E-state index contributed by atoms with van der Waals surface area (Å²) >= 11 is 0. The summed E-state index contributed by atoms with van der Waals surface area (Å²) in [5.74, 6) is 1.46. The summed E-state index contributed by atoms with van der Waals surface area (Å²) < 4.78 is 0. The van der Waals surface area contributed by atoms with Crippen LogP contribution in [0.2, 0.25) is 0 Å². The van der Waals surface area contributed by atoms with Crippen LogP contribution < -0.4 is 0 Å². The van der Waals surface area contributed by atoms with Crippen LogP contribution in [-0.4, -0.2) is 0 Å². The zero-order valence-corrected chi connectivity index (χ0v) is 8.28. The molecule has 0 bridgehead atoms. The van der Waals surface area contributed by atoms with Crippen molar-refractivity contribution in [2.24, 2.45) is 11.8 Å². The van der Waals surface area contributed by atoms with E-state index in [0.29, 0.717) is 0 Å². The Morgan fingerprint density at radius 3 is 1.91 bits per heavy atom. The second-order valence-corrected chi connectivity index (χ2v) is 3.81. The van der Waals surface area contributed by atoms with Crippen LogP contribution >= 0.6 is 0 Å². The largest absolute Gasteiger partial charge is 0.0959 e. The normalized spacial score (nSPS) is 13.2. The van der Waals surface area contributed by atoms with Crippen molar-refractivity contribution in [2.75, 3.05) is 0 Å². The summed E-state index contributed by atoms with van der Waals surface area (Å²) in [4.78, 5) is 0. The zero-order chi connectivity index (χ0) is 9.02. The van der Waals surface area contributed by atoms with Crippen LogP contribution in [0.3, 0.4) is 0 Å². The van der Waals surface area contributed by atoms with Crippen molar-refractivity contribution in [3.05, 3.63) is 24.3 Å². The lowest BCUT2D eigenvalue weighted by atomic mass is 9.90. The van der Waals surface area contributed by atoms with E-state index >= 15 is 0 Å². The lowest BCUT2D eigenvalue weighted by Gasteiger charge is -2.16. The van der Waals surface area contributed by atoms with Crippen LogP contribution in [-0.2, 0) is 0 Å². The fourth-order valence-electron chi connectivity index (χ4n) is 0.799. The summed E-state index contributed by atoms with van der Waals surface area (Å²) in [6.07, 6.45) is 1.09. The van der Waals surface area contributed by atoms with E-state index in [1.54, 1.807) is 0 Å². The van der Waals surface area contributed by atoms with Crippen molar-refractivity contribution in [1.29, 1.82) is 0 Å². The zero-order valence-electron chi connectivity index (χ0n) is 8.28. The third-order valence-corrected chi connectivity index (χ3v) is 2.31. The lowest BCUT2D eigenvalue weighted by Crippen LogP contribution is -2.04. The Hall–Kier alpha value is -0.520. The Kier molecular flexibility index (Phi) is 4.17. The van der Waals surface area contributed by atoms with Gasteiger partial charge in [0.15, 0.2) is 0 Å². The van der Waals surface area contributed by atoms with Crippen LogP contribution in [0.25, 0.3) is 0 Å². The molecule has 0 fully saturated rings. The molecule has 0 aliphatic rings. The molecule has 0 spiro atoms. The topological polar surface area (TPSA) is 0 Å². The third-order valence-electron chi connectivity index (χ3n) is 2.31. The molecule has 0 aliphatic carbocycles. The van der Waals surface area contributed by atoms with E-state index in [0.717, 1.165) is 23.8 Å². The molecule has 0 aromatic heterocycles. The molecule has 0 saturated heterocycles. The van der Waals surface area contributed by atoms with Gasteiger partial charge in [-0.2, -0.15) is 0 Å². The van der Waals surface area contributed by atoms with Crippen molar-refractivity contribution < 1.29 is 0 Å². The lowest BCUT2D eigenvalue weighted by molar-refractivity contribution is 0.418. The van der Waals surface area contributed by atoms with Crippen LogP contribution in [0.5, 0.6) is 0 Å². The number of rotatable bonds is 4. The molecule has 0 radical (unpaired) electrons. The van der Waals surface area contributed by atoms with Crippen LogP contribution in [0.1, 0.15) is 34.1 Å². The predicted octanol–water partition coefficient (Wildman–Crippen LogP) is 3.80. The summed E-state index contributed by atoms with van der Waals surface area (Å²) in [7, 11) is 0. The fraction of sp³-hybridized carbons (Fsp3) is 0.636. The smallest absolute Gasteiger partial charge is 0.0254 e. The van der Waals surface area contributed by atoms with E-state index in [9.17, 15) is 0 Å². The molecule has 0 amide bonds. The highest BCUT2D eigenvalue weighted by molar-refractivity contribution is 5.22. The number of hydrogen-bond donors (Lipinski definition) is 0. The summed E-state index contributed by atoms with van der Waals surface area (Å²) in [5, 5.41) is 0. The van der Waals surface area contributed by atoms with Gasteiger partial charge in [0.2, 0.25) is 0 Å². The van der Waals surface area contributed by atoms with Crippen molar-refractivity contribution in [3.63, 3.8) is 0 Å². The fourth-order valence-corrected chi connectivity index (χ4v) is 0.799. The van der Waals surface area contributed by atoms with E-state index in [1.807, 2.05) is 6.92 Å². The monoisotopic (exact) mass is 152 g/mol. The van der Waals surface area contributed by atoms with Crippen molar-refractivity contribution in [1.82, 2.24) is 0 Å². The van der Waals surface area contributed by atoms with Gasteiger partial charge in [-0.05, 0) is 25.2 Å². The van der Waals surface area contributed by atoms with Gasteiger partial charge < -0.3 is 0 Å². The molecule has 0 saturated carbocycles. The van der Waals surface area contributed by atoms with Gasteiger partial charge in [0.1, 0.15) is 0 Å². The highest BCUT2D eigenvalue weighted by Crippen LogP contribution is 2.21. The molecule has 1 atom stereocenters. The standard InChI is InChI=1S/C11H20/c1-8(2)10(5)7-11(6)9(3)4/h9,11H,1,5,7H2,2-4,6H3. The van der Waals surface area contributed by atoms with E-state index in [2.05, 4.69) is 33.9 Å². The van der Waals surface area contributed by atoms with Gasteiger partial charge in [-0.25, -0.2) is 0 Å². The van der Waals surface area contributed by atoms with Crippen LogP contribution in [0.15, 0.2) is 24.3 Å². The maximum Gasteiger partial charge on any atom is -0.0254 e. The molecule has 0 aromatic rings. The molecule has 0 heterocycles. The quantitative estimate of drug-likeness (QED) is 0.537. The van der Waals surface area contributed by atoms with Gasteiger partial charge in [-0.1, -0.05) is 45.1 Å². The van der Waals surface area contributed by atoms with E-state index in [1.165, 1.54) is 5.57 Å². The van der Waals surface area contributed by atoms with Crippen LogP contribution in [0.4, 0.5) is 0 Å². The minimum atomic E-state index is 0.721. The summed E-state index contributed by atoms with van der Waals surface area (Å²) in [6.45, 7) is 16.6. The first-order valence-corrected chi connectivity index (χ1v) is 4.28. The molecular weight excluding hydrogens is 132 g/mol. The maximum atomic E-state index is 3.98. The SMILES string of the molecule is C=C(C)C(=C)CC(C)C(C)C. The third kappa shape index (κ3) is 4.02.